The van der Waals surface area contributed by atoms with E-state index in [0.29, 0.717) is 6.41 Å². The van der Waals surface area contributed by atoms with Gasteiger partial charge in [0, 0.05) is 23.6 Å². The van der Waals surface area contributed by atoms with Crippen molar-refractivity contribution in [1.29, 1.82) is 0 Å². The molecule has 2 atom stereocenters. The molecule has 3 N–H and O–H groups in total. The second-order valence-corrected chi connectivity index (χ2v) is 8.28. The van der Waals surface area contributed by atoms with Gasteiger partial charge in [-0.15, -0.1) is 23.1 Å². The molecule has 1 fully saturated rings. The number of amides is 3. The van der Waals surface area contributed by atoms with E-state index < -0.39 is 35.2 Å². The van der Waals surface area contributed by atoms with E-state index in [1.807, 2.05) is 0 Å². The maximum atomic E-state index is 12.8. The van der Waals surface area contributed by atoms with Crippen LogP contribution in [0.25, 0.3) is 0 Å². The number of carboxylic acids is 1. The van der Waals surface area contributed by atoms with Crippen LogP contribution in [0.5, 0.6) is 0 Å². The Hall–Kier alpha value is -3.46. The third-order valence-corrected chi connectivity index (χ3v) is 6.43. The summed E-state index contributed by atoms with van der Waals surface area (Å²) in [5, 5.41) is 19.1. The minimum atomic E-state index is -1.34. The highest BCUT2D eigenvalue weighted by Gasteiger charge is 2.54. The van der Waals surface area contributed by atoms with Crippen molar-refractivity contribution in [1.82, 2.24) is 15.2 Å². The summed E-state index contributed by atoms with van der Waals surface area (Å²) >= 11 is 2.28. The fourth-order valence-electron chi connectivity index (χ4n) is 2.99. The summed E-state index contributed by atoms with van der Waals surface area (Å²) in [5.41, 5.74) is -0.0838. The van der Waals surface area contributed by atoms with E-state index in [0.717, 1.165) is 16.2 Å². The number of oxime groups is 1. The van der Waals surface area contributed by atoms with Crippen molar-refractivity contribution >= 4 is 64.1 Å². The average Bonchev–Trinajstić information content (AvgIpc) is 3.21. The molecule has 3 rings (SSSR count). The van der Waals surface area contributed by atoms with E-state index in [-0.39, 0.29) is 40.2 Å². The van der Waals surface area contributed by atoms with Crippen molar-refractivity contribution in [3.8, 4) is 0 Å². The molecule has 0 aliphatic carbocycles. The van der Waals surface area contributed by atoms with Crippen LogP contribution in [0.15, 0.2) is 21.8 Å². The molecular weight excluding hydrogens is 466 g/mol. The highest BCUT2D eigenvalue weighted by atomic mass is 32.2. The van der Waals surface area contributed by atoms with Crippen molar-refractivity contribution < 1.29 is 38.7 Å². The molecule has 15 heteroatoms. The van der Waals surface area contributed by atoms with Crippen molar-refractivity contribution in [3.05, 3.63) is 22.3 Å². The second-order valence-electron chi connectivity index (χ2n) is 6.32. The Kier molecular flexibility index (Phi) is 7.09. The molecule has 3 amide bonds. The van der Waals surface area contributed by atoms with Crippen LogP contribution in [-0.4, -0.2) is 81.8 Å². The lowest BCUT2D eigenvalue weighted by Crippen LogP contribution is -2.71. The molecule has 2 aliphatic heterocycles. The number of rotatable bonds is 9. The molecule has 0 spiro atoms. The lowest BCUT2D eigenvalue weighted by molar-refractivity contribution is -0.150. The van der Waals surface area contributed by atoms with Gasteiger partial charge in [-0.3, -0.25) is 24.1 Å². The summed E-state index contributed by atoms with van der Waals surface area (Å²) in [7, 11) is 1.23. The van der Waals surface area contributed by atoms with Crippen LogP contribution in [0.4, 0.5) is 5.13 Å². The van der Waals surface area contributed by atoms with Crippen molar-refractivity contribution in [2.24, 2.45) is 5.16 Å². The number of aromatic nitrogens is 1. The fraction of sp³-hybridized carbons (Fsp3) is 0.353. The van der Waals surface area contributed by atoms with E-state index in [1.165, 1.54) is 31.2 Å². The molecule has 0 saturated carbocycles. The average molecular weight is 483 g/mol. The van der Waals surface area contributed by atoms with Gasteiger partial charge in [-0.1, -0.05) is 5.16 Å². The molecule has 2 aliphatic rings. The number of carbonyl (C=O) groups is 5. The van der Waals surface area contributed by atoms with Gasteiger partial charge in [0.05, 0.1) is 0 Å². The number of ether oxygens (including phenoxy) is 1. The summed E-state index contributed by atoms with van der Waals surface area (Å²) < 4.78 is 4.88. The van der Waals surface area contributed by atoms with Gasteiger partial charge in [0.25, 0.3) is 11.8 Å². The zero-order valence-electron chi connectivity index (χ0n) is 16.7. The van der Waals surface area contributed by atoms with Crippen molar-refractivity contribution in [2.75, 3.05) is 24.8 Å². The van der Waals surface area contributed by atoms with Crippen molar-refractivity contribution in [3.63, 3.8) is 0 Å². The molecule has 0 bridgehead atoms. The lowest BCUT2D eigenvalue weighted by atomic mass is 10.0. The third-order valence-electron chi connectivity index (χ3n) is 4.31. The van der Waals surface area contributed by atoms with Crippen LogP contribution >= 0.6 is 23.1 Å². The molecule has 1 aromatic rings. The molecule has 0 radical (unpaired) electrons. The normalized spacial score (nSPS) is 20.1. The highest BCUT2D eigenvalue weighted by molar-refractivity contribution is 8.00. The standard InChI is InChI=1S/C17H17N5O8S2/c1-7(24)30-3-8-4-31-15-11(14(26)22(15)12(8)16(27)28)20-13(25)10(21-29-2)9-5-32-17(19-9)18-6-23/h5-6,11,15H,3-4H2,1-2H3,(H,20,25)(H,27,28)(H,18,19,23)/b21-10-. The van der Waals surface area contributed by atoms with Crippen LogP contribution in [-0.2, 0) is 33.5 Å². The number of anilines is 1. The number of fused-ring (bicyclic) bond motifs is 1. The topological polar surface area (TPSA) is 177 Å². The number of nitrogens with one attached hydrogen (secondary N) is 2. The highest BCUT2D eigenvalue weighted by Crippen LogP contribution is 2.40. The Bertz CT molecular complexity index is 1040. The van der Waals surface area contributed by atoms with Crippen LogP contribution in [0, 0.1) is 0 Å². The Labute approximate surface area is 188 Å². The van der Waals surface area contributed by atoms with Gasteiger partial charge < -0.3 is 25.3 Å². The molecular formula is C17H17N5O8S2. The van der Waals surface area contributed by atoms with Crippen LogP contribution in [0.3, 0.4) is 0 Å². The molecule has 2 unspecified atom stereocenters. The Morgan fingerprint density at radius 1 is 1.44 bits per heavy atom. The van der Waals surface area contributed by atoms with Gasteiger partial charge >= 0.3 is 11.9 Å². The summed E-state index contributed by atoms with van der Waals surface area (Å²) in [6.45, 7) is 0.947. The Balaban J connectivity index is 1.76. The molecule has 0 aromatic carbocycles. The SMILES string of the molecule is CO/N=C(\C(=O)NC1C(=O)N2C(C(=O)O)=C(COC(C)=O)CSC12)c1csc(NC=O)n1. The first-order valence-corrected chi connectivity index (χ1v) is 10.8. The Morgan fingerprint density at radius 3 is 2.81 bits per heavy atom. The summed E-state index contributed by atoms with van der Waals surface area (Å²) in [4.78, 5) is 68.6. The van der Waals surface area contributed by atoms with E-state index in [4.69, 9.17) is 9.57 Å². The predicted octanol–water partition coefficient (Wildman–Crippen LogP) is -0.636. The second kappa shape index (κ2) is 9.78. The third kappa shape index (κ3) is 4.57. The van der Waals surface area contributed by atoms with Crippen LogP contribution in [0.1, 0.15) is 12.6 Å². The summed E-state index contributed by atoms with van der Waals surface area (Å²) in [6, 6.07) is -1.01. The van der Waals surface area contributed by atoms with Gasteiger partial charge in [-0.2, -0.15) is 0 Å². The number of esters is 1. The van der Waals surface area contributed by atoms with E-state index in [9.17, 15) is 29.1 Å². The first kappa shape index (κ1) is 23.2. The number of aliphatic carboxylic acids is 1. The fourth-order valence-corrected chi connectivity index (χ4v) is 4.97. The van der Waals surface area contributed by atoms with E-state index in [2.05, 4.69) is 20.8 Å². The molecule has 3 heterocycles. The maximum absolute atomic E-state index is 12.8. The van der Waals surface area contributed by atoms with Gasteiger partial charge in [-0.05, 0) is 0 Å². The number of nitrogens with zero attached hydrogens (tertiary/aromatic N) is 3. The largest absolute Gasteiger partial charge is 0.477 e. The lowest BCUT2D eigenvalue weighted by Gasteiger charge is -2.49. The summed E-state index contributed by atoms with van der Waals surface area (Å²) in [6.07, 6.45) is 0.432. The zero-order chi connectivity index (χ0) is 23.4. The first-order valence-electron chi connectivity index (χ1n) is 8.90. The monoisotopic (exact) mass is 483 g/mol. The Morgan fingerprint density at radius 2 is 2.19 bits per heavy atom. The number of β-lactam (4-membered cyclic amide) rings is 1. The number of hydrogen-bond acceptors (Lipinski definition) is 11. The smallest absolute Gasteiger partial charge is 0.352 e. The van der Waals surface area contributed by atoms with Crippen LogP contribution in [0.2, 0.25) is 0 Å². The van der Waals surface area contributed by atoms with Crippen LogP contribution < -0.4 is 10.6 Å². The molecule has 32 heavy (non-hydrogen) atoms. The van der Waals surface area contributed by atoms with E-state index >= 15 is 0 Å². The predicted molar refractivity (Wildman–Crippen MR) is 112 cm³/mol. The molecule has 1 saturated heterocycles. The minimum absolute atomic E-state index is 0.119. The molecule has 1 aromatic heterocycles. The van der Waals surface area contributed by atoms with Gasteiger partial charge in [0.1, 0.15) is 36.5 Å². The number of thioether (sulfide) groups is 1. The number of thiazole rings is 1. The van der Waals surface area contributed by atoms with Gasteiger partial charge in [0.15, 0.2) is 10.8 Å². The quantitative estimate of drug-likeness (QED) is 0.135. The van der Waals surface area contributed by atoms with Gasteiger partial charge in [0.2, 0.25) is 6.41 Å². The number of hydrogen-bond donors (Lipinski definition) is 3. The first-order chi connectivity index (χ1) is 15.3. The minimum Gasteiger partial charge on any atom is -0.477 e. The molecule has 170 valence electrons. The summed E-state index contributed by atoms with van der Waals surface area (Å²) in [5.74, 6) is -3.11. The number of carbonyl (C=O) groups excluding carboxylic acids is 4. The maximum Gasteiger partial charge on any atom is 0.352 e. The van der Waals surface area contributed by atoms with E-state index in [1.54, 1.807) is 0 Å². The number of carboxylic acid groups (broad SMARTS) is 1. The van der Waals surface area contributed by atoms with Crippen molar-refractivity contribution in [2.45, 2.75) is 18.3 Å². The molecule has 13 nitrogen and oxygen atoms in total. The van der Waals surface area contributed by atoms with Gasteiger partial charge in [-0.25, -0.2) is 9.78 Å². The zero-order valence-corrected chi connectivity index (χ0v) is 18.3.